The molecule has 0 aliphatic rings. The molecule has 3 aromatic rings. The Labute approximate surface area is 175 Å². The second kappa shape index (κ2) is 14.0. The molecule has 3 rings (SSSR count). The average molecular weight is 540 g/mol. The topological polar surface area (TPSA) is 0 Å². The molecule has 118 valence electrons. The van der Waals surface area contributed by atoms with Crippen molar-refractivity contribution in [3.63, 3.8) is 0 Å². The Morgan fingerprint density at radius 2 is 1.59 bits per heavy atom. The van der Waals surface area contributed by atoms with Crippen LogP contribution in [0.4, 0.5) is 0 Å². The molecular weight excluding hydrogens is 521 g/mol. The summed E-state index contributed by atoms with van der Waals surface area (Å²) in [6.07, 6.45) is 0. The van der Waals surface area contributed by atoms with Crippen LogP contribution in [0.15, 0.2) is 60.7 Å². The van der Waals surface area contributed by atoms with Gasteiger partial charge < -0.3 is 24.8 Å². The number of hydrogen-bond donors (Lipinski definition) is 0. The van der Waals surface area contributed by atoms with Crippen LogP contribution < -0.4 is 24.8 Å². The Morgan fingerprint density at radius 1 is 1.05 bits per heavy atom. The minimum absolute atomic E-state index is 0. The maximum Gasteiger partial charge on any atom is -0.0306 e. The molecule has 5 heteroatoms. The Morgan fingerprint density at radius 3 is 2.00 bits per heavy atom. The number of hydrogen-bond acceptors (Lipinski definition) is 0. The van der Waals surface area contributed by atoms with Crippen molar-refractivity contribution in [3.05, 3.63) is 69.8 Å². The summed E-state index contributed by atoms with van der Waals surface area (Å²) in [7, 11) is 0. The molecule has 0 aromatic heterocycles. The van der Waals surface area contributed by atoms with Gasteiger partial charge in [-0.15, -0.1) is 34.5 Å². The van der Waals surface area contributed by atoms with E-state index in [1.807, 2.05) is 30.3 Å². The van der Waals surface area contributed by atoms with Crippen molar-refractivity contribution < 1.29 is 48.1 Å². The first-order valence-corrected chi connectivity index (χ1v) is 13.8. The van der Waals surface area contributed by atoms with Crippen molar-refractivity contribution in [2.45, 2.75) is 20.0 Å². The van der Waals surface area contributed by atoms with Crippen LogP contribution in [0.1, 0.15) is 5.56 Å². The van der Waals surface area contributed by atoms with Crippen molar-refractivity contribution in [2.24, 2.45) is 0 Å². The fraction of sp³-hybridized carbons (Fsp3) is 0.176. The summed E-state index contributed by atoms with van der Waals surface area (Å²) in [5.41, 5.74) is 1.56. The first-order valence-electron chi connectivity index (χ1n) is 6.50. The van der Waals surface area contributed by atoms with E-state index < -0.39 is 0 Å². The summed E-state index contributed by atoms with van der Waals surface area (Å²) in [5.74, 6) is 0. The van der Waals surface area contributed by atoms with Gasteiger partial charge in [-0.05, 0) is 3.57 Å². The quantitative estimate of drug-likeness (QED) is 0.208. The van der Waals surface area contributed by atoms with Crippen LogP contribution in [0.5, 0.6) is 0 Å². The Hall–Kier alpha value is 0.590. The smallest absolute Gasteiger partial charge is 0.0306 e. The number of aryl methyl sites for hydroxylation is 1. The minimum Gasteiger partial charge on any atom is -1.00 e. The molecule has 0 atom stereocenters. The molecule has 0 radical (unpaired) electrons. The van der Waals surface area contributed by atoms with E-state index in [0.717, 1.165) is 0 Å². The van der Waals surface area contributed by atoms with E-state index in [4.69, 9.17) is 0 Å². The van der Waals surface area contributed by atoms with E-state index in [9.17, 15) is 0 Å². The summed E-state index contributed by atoms with van der Waals surface area (Å²) in [4.78, 5) is 0. The van der Waals surface area contributed by atoms with E-state index in [0.29, 0.717) is 0 Å². The molecule has 22 heavy (non-hydrogen) atoms. The van der Waals surface area contributed by atoms with Crippen LogP contribution >= 0.6 is 22.6 Å². The van der Waals surface area contributed by atoms with Gasteiger partial charge in [-0.25, -0.2) is 12.1 Å². The molecule has 0 amide bonds. The number of halogens is 3. The molecule has 0 saturated carbocycles. The van der Waals surface area contributed by atoms with Crippen molar-refractivity contribution in [1.82, 2.24) is 0 Å². The van der Waals surface area contributed by atoms with E-state index in [-0.39, 0.29) is 30.2 Å². The summed E-state index contributed by atoms with van der Waals surface area (Å²) in [5, 5.41) is 2.74. The van der Waals surface area contributed by atoms with Crippen LogP contribution in [0, 0.1) is 10.5 Å². The molecule has 0 bridgehead atoms. The monoisotopic (exact) mass is 538 g/mol. The molecule has 0 nitrogen and oxygen atoms in total. The van der Waals surface area contributed by atoms with Gasteiger partial charge in [0.05, 0.1) is 0 Å². The SMILES string of the molecule is C[Si](C)=[Zr+2].Cc1cc2c(I)cccc2[cH-]1.[Cl-].[Cl-].c1cc[cH-]c1. The Bertz CT molecular complexity index is 627. The second-order valence-electron chi connectivity index (χ2n) is 4.74. The van der Waals surface area contributed by atoms with E-state index in [1.165, 1.54) is 19.9 Å². The van der Waals surface area contributed by atoms with Gasteiger partial charge in [-0.2, -0.15) is 24.3 Å². The maximum atomic E-state index is 2.37. The van der Waals surface area contributed by atoms with Crippen molar-refractivity contribution >= 4 is 38.8 Å². The molecule has 0 saturated heterocycles. The molecule has 0 heterocycles. The number of rotatable bonds is 0. The zero-order valence-electron chi connectivity index (χ0n) is 12.9. The van der Waals surface area contributed by atoms with Gasteiger partial charge in [0.1, 0.15) is 0 Å². The Kier molecular flexibility index (Phi) is 15.8. The third kappa shape index (κ3) is 10.4. The summed E-state index contributed by atoms with van der Waals surface area (Å²) in [6, 6.07) is 20.9. The predicted molar refractivity (Wildman–Crippen MR) is 96.5 cm³/mol. The largest absolute Gasteiger partial charge is 1.00 e. The van der Waals surface area contributed by atoms with Crippen LogP contribution in [0.25, 0.3) is 10.8 Å². The van der Waals surface area contributed by atoms with Crippen molar-refractivity contribution in [1.29, 1.82) is 0 Å². The van der Waals surface area contributed by atoms with E-state index >= 15 is 0 Å². The molecule has 0 N–H and O–H groups in total. The van der Waals surface area contributed by atoms with Gasteiger partial charge in [0.2, 0.25) is 0 Å². The van der Waals surface area contributed by atoms with Gasteiger partial charge in [0, 0.05) is 0 Å². The van der Waals surface area contributed by atoms with Crippen LogP contribution in [0.2, 0.25) is 13.1 Å². The van der Waals surface area contributed by atoms with Gasteiger partial charge >= 0.3 is 41.9 Å². The van der Waals surface area contributed by atoms with E-state index in [1.54, 1.807) is 23.3 Å². The van der Waals surface area contributed by atoms with Crippen LogP contribution in [-0.4, -0.2) is 5.43 Å². The molecule has 0 spiro atoms. The van der Waals surface area contributed by atoms with Crippen molar-refractivity contribution in [3.8, 4) is 0 Å². The zero-order valence-corrected chi connectivity index (χ0v) is 20.0. The third-order valence-corrected chi connectivity index (χ3v) is 3.34. The van der Waals surface area contributed by atoms with Gasteiger partial charge in [0.15, 0.2) is 0 Å². The molecule has 0 fully saturated rings. The molecule has 0 aliphatic heterocycles. The fourth-order valence-corrected chi connectivity index (χ4v) is 2.34. The second-order valence-corrected chi connectivity index (χ2v) is 15.3. The predicted octanol–water partition coefficient (Wildman–Crippen LogP) is -0.330. The molecular formula is C17H19Cl2ISiZr-2. The van der Waals surface area contributed by atoms with Crippen molar-refractivity contribution in [2.75, 3.05) is 0 Å². The average Bonchev–Trinajstić information content (AvgIpc) is 2.99. The van der Waals surface area contributed by atoms with Crippen LogP contribution in [-0.2, 0) is 23.3 Å². The summed E-state index contributed by atoms with van der Waals surface area (Å²) in [6.45, 7) is 6.75. The van der Waals surface area contributed by atoms with Gasteiger partial charge in [0.25, 0.3) is 0 Å². The summed E-state index contributed by atoms with van der Waals surface area (Å²) < 4.78 is 1.34. The zero-order chi connectivity index (χ0) is 15.0. The number of fused-ring (bicyclic) bond motifs is 1. The summed E-state index contributed by atoms with van der Waals surface area (Å²) >= 11 is 4.11. The van der Waals surface area contributed by atoms with Gasteiger partial charge in [-0.1, -0.05) is 35.6 Å². The normalized spacial score (nSPS) is 8.45. The van der Waals surface area contributed by atoms with E-state index in [2.05, 4.69) is 72.9 Å². The van der Waals surface area contributed by atoms with Crippen LogP contribution in [0.3, 0.4) is 0 Å². The maximum absolute atomic E-state index is 2.37. The Balaban J connectivity index is 0. The minimum atomic E-state index is 0. The standard InChI is InChI=1S/C10H8I.C5H5.C2H6Si.2ClH.Zr/c1-7-5-8-3-2-4-10(11)9(8)6-7;1-2-4-5-3-1;1-3-2;;;/h2-6H,1H3;1-5H;1-2H3;2*1H;/q2*-1;;;;+2/p-2. The first kappa shape index (κ1) is 24.8. The number of benzene rings is 1. The fourth-order valence-electron chi connectivity index (χ4n) is 1.67. The molecule has 0 aliphatic carbocycles. The third-order valence-electron chi connectivity index (χ3n) is 2.40. The molecule has 3 aromatic carbocycles. The van der Waals surface area contributed by atoms with Gasteiger partial charge in [-0.3, -0.25) is 0 Å². The molecule has 0 unspecified atom stereocenters. The first-order chi connectivity index (χ1) is 9.50.